The van der Waals surface area contributed by atoms with Crippen molar-refractivity contribution in [1.82, 2.24) is 10.2 Å². The zero-order valence-corrected chi connectivity index (χ0v) is 21.3. The Morgan fingerprint density at radius 3 is 2.29 bits per heavy atom. The van der Waals surface area contributed by atoms with E-state index < -0.39 is 17.7 Å². The van der Waals surface area contributed by atoms with E-state index in [0.717, 1.165) is 29.5 Å². The lowest BCUT2D eigenvalue weighted by Crippen LogP contribution is -2.47. The summed E-state index contributed by atoms with van der Waals surface area (Å²) in [5, 5.41) is 5.49. The van der Waals surface area contributed by atoms with Crippen LogP contribution in [0.15, 0.2) is 42.5 Å². The second-order valence-corrected chi connectivity index (χ2v) is 9.80. The number of methoxy groups -OCH3 is 1. The quantitative estimate of drug-likeness (QED) is 0.578. The largest absolute Gasteiger partial charge is 0.497 e. The Bertz CT molecular complexity index is 1070. The number of nitrogens with zero attached hydrogens (tertiary/aromatic N) is 1. The lowest BCUT2D eigenvalue weighted by Gasteiger charge is -2.33. The van der Waals surface area contributed by atoms with E-state index in [0.29, 0.717) is 11.4 Å². The standard InChI is InChI=1S/C27H35N3O5/c1-17-8-7-9-22(18(17)2)24(25(32)29-19-10-14-21(34-6)15-11-19)30(20-12-13-20)23(31)16-28-26(33)35-27(3,4)5/h7-11,14-15,20,24H,12-13,16H2,1-6H3,(H,28,33)(H,29,32). The van der Waals surface area contributed by atoms with E-state index in [9.17, 15) is 14.4 Å². The first-order valence-corrected chi connectivity index (χ1v) is 11.8. The molecule has 3 rings (SSSR count). The summed E-state index contributed by atoms with van der Waals surface area (Å²) < 4.78 is 10.5. The number of anilines is 1. The van der Waals surface area contributed by atoms with Gasteiger partial charge in [0.15, 0.2) is 0 Å². The third kappa shape index (κ3) is 6.97. The lowest BCUT2D eigenvalue weighted by molar-refractivity contribution is -0.139. The molecule has 1 fully saturated rings. The fourth-order valence-corrected chi connectivity index (χ4v) is 3.84. The van der Waals surface area contributed by atoms with Crippen molar-refractivity contribution in [2.75, 3.05) is 19.0 Å². The van der Waals surface area contributed by atoms with Crippen LogP contribution in [0.1, 0.15) is 56.3 Å². The van der Waals surface area contributed by atoms with Gasteiger partial charge in [-0.3, -0.25) is 9.59 Å². The van der Waals surface area contributed by atoms with E-state index in [-0.39, 0.29) is 24.4 Å². The smallest absolute Gasteiger partial charge is 0.408 e. The van der Waals surface area contributed by atoms with Crippen LogP contribution in [0.3, 0.4) is 0 Å². The minimum Gasteiger partial charge on any atom is -0.497 e. The molecule has 1 aliphatic carbocycles. The highest BCUT2D eigenvalue weighted by molar-refractivity contribution is 5.99. The van der Waals surface area contributed by atoms with E-state index in [1.165, 1.54) is 0 Å². The molecular weight excluding hydrogens is 446 g/mol. The van der Waals surface area contributed by atoms with Crippen molar-refractivity contribution in [3.05, 3.63) is 59.2 Å². The molecule has 188 valence electrons. The second-order valence-electron chi connectivity index (χ2n) is 9.80. The lowest BCUT2D eigenvalue weighted by atomic mass is 9.95. The van der Waals surface area contributed by atoms with E-state index >= 15 is 0 Å². The van der Waals surface area contributed by atoms with Gasteiger partial charge in [0.1, 0.15) is 23.9 Å². The Balaban J connectivity index is 1.89. The van der Waals surface area contributed by atoms with Gasteiger partial charge in [-0.15, -0.1) is 0 Å². The molecule has 0 aliphatic heterocycles. The number of ether oxygens (including phenoxy) is 2. The molecule has 1 saturated carbocycles. The van der Waals surface area contributed by atoms with Crippen LogP contribution in [-0.2, 0) is 14.3 Å². The van der Waals surface area contributed by atoms with Gasteiger partial charge < -0.3 is 25.0 Å². The fraction of sp³-hybridized carbons (Fsp3) is 0.444. The summed E-state index contributed by atoms with van der Waals surface area (Å²) in [6, 6.07) is 11.9. The highest BCUT2D eigenvalue weighted by Gasteiger charge is 2.42. The number of alkyl carbamates (subject to hydrolysis) is 1. The van der Waals surface area contributed by atoms with Crippen LogP contribution < -0.4 is 15.4 Å². The van der Waals surface area contributed by atoms with Crippen LogP contribution in [-0.4, -0.2) is 48.1 Å². The third-order valence-electron chi connectivity index (χ3n) is 5.84. The predicted octanol–water partition coefficient (Wildman–Crippen LogP) is 4.51. The molecule has 1 aliphatic rings. The highest BCUT2D eigenvalue weighted by atomic mass is 16.6. The second kappa shape index (κ2) is 10.8. The summed E-state index contributed by atoms with van der Waals surface area (Å²) in [6.07, 6.45) is 0.928. The van der Waals surface area contributed by atoms with Gasteiger partial charge in [0.2, 0.25) is 5.91 Å². The maximum absolute atomic E-state index is 13.7. The number of carbonyl (C=O) groups is 3. The molecule has 1 atom stereocenters. The zero-order valence-electron chi connectivity index (χ0n) is 21.3. The van der Waals surface area contributed by atoms with E-state index in [1.807, 2.05) is 32.0 Å². The van der Waals surface area contributed by atoms with Gasteiger partial charge in [-0.25, -0.2) is 4.79 Å². The van der Waals surface area contributed by atoms with Crippen molar-refractivity contribution in [1.29, 1.82) is 0 Å². The Morgan fingerprint density at radius 1 is 1.06 bits per heavy atom. The molecule has 0 bridgehead atoms. The average Bonchev–Trinajstić information content (AvgIpc) is 3.62. The van der Waals surface area contributed by atoms with Gasteiger partial charge in [-0.05, 0) is 88.4 Å². The Kier molecular flexibility index (Phi) is 8.04. The van der Waals surface area contributed by atoms with Gasteiger partial charge in [-0.1, -0.05) is 18.2 Å². The molecular formula is C27H35N3O5. The molecule has 3 amide bonds. The molecule has 35 heavy (non-hydrogen) atoms. The minimum atomic E-state index is -0.850. The average molecular weight is 482 g/mol. The molecule has 8 heteroatoms. The third-order valence-corrected chi connectivity index (χ3v) is 5.84. The molecule has 0 saturated heterocycles. The Hall–Kier alpha value is -3.55. The van der Waals surface area contributed by atoms with Crippen LogP contribution in [0.25, 0.3) is 0 Å². The molecule has 0 aromatic heterocycles. The minimum absolute atomic E-state index is 0.0746. The van der Waals surface area contributed by atoms with Crippen LogP contribution in [0.5, 0.6) is 5.75 Å². The molecule has 2 aromatic rings. The van der Waals surface area contributed by atoms with Gasteiger partial charge in [0.25, 0.3) is 5.91 Å². The summed E-state index contributed by atoms with van der Waals surface area (Å²) in [7, 11) is 1.58. The van der Waals surface area contributed by atoms with E-state index in [4.69, 9.17) is 9.47 Å². The molecule has 0 radical (unpaired) electrons. The van der Waals surface area contributed by atoms with Gasteiger partial charge in [0, 0.05) is 11.7 Å². The Morgan fingerprint density at radius 2 is 1.71 bits per heavy atom. The number of carbonyl (C=O) groups excluding carboxylic acids is 3. The first kappa shape index (κ1) is 26.1. The van der Waals surface area contributed by atoms with E-state index in [2.05, 4.69) is 10.6 Å². The van der Waals surface area contributed by atoms with Crippen molar-refractivity contribution in [2.24, 2.45) is 0 Å². The van der Waals surface area contributed by atoms with Crippen LogP contribution >= 0.6 is 0 Å². The van der Waals surface area contributed by atoms with Gasteiger partial charge >= 0.3 is 6.09 Å². The summed E-state index contributed by atoms with van der Waals surface area (Å²) >= 11 is 0. The summed E-state index contributed by atoms with van der Waals surface area (Å²) in [4.78, 5) is 40.8. The number of aryl methyl sites for hydroxylation is 1. The summed E-state index contributed by atoms with van der Waals surface area (Å²) in [6.45, 7) is 8.93. The van der Waals surface area contributed by atoms with Crippen LogP contribution in [0.4, 0.5) is 10.5 Å². The molecule has 0 heterocycles. The zero-order chi connectivity index (χ0) is 25.8. The number of amides is 3. The molecule has 1 unspecified atom stereocenters. The normalized spacial score (nSPS) is 14.0. The predicted molar refractivity (Wildman–Crippen MR) is 134 cm³/mol. The molecule has 2 aromatic carbocycles. The number of nitrogens with one attached hydrogen (secondary N) is 2. The van der Waals surface area contributed by atoms with E-state index in [1.54, 1.807) is 57.0 Å². The molecule has 0 spiro atoms. The number of hydrogen-bond donors (Lipinski definition) is 2. The first-order valence-electron chi connectivity index (χ1n) is 11.8. The number of benzene rings is 2. The van der Waals surface area contributed by atoms with Crippen molar-refractivity contribution < 1.29 is 23.9 Å². The van der Waals surface area contributed by atoms with Gasteiger partial charge in [-0.2, -0.15) is 0 Å². The first-order chi connectivity index (χ1) is 16.5. The van der Waals surface area contributed by atoms with Crippen molar-refractivity contribution in [3.8, 4) is 5.75 Å². The van der Waals surface area contributed by atoms with Crippen molar-refractivity contribution >= 4 is 23.6 Å². The summed E-state index contributed by atoms with van der Waals surface area (Å²) in [5.41, 5.74) is 2.65. The molecule has 2 N–H and O–H groups in total. The Labute approximate surface area is 207 Å². The van der Waals surface area contributed by atoms with Crippen molar-refractivity contribution in [2.45, 2.75) is 65.1 Å². The van der Waals surface area contributed by atoms with Crippen molar-refractivity contribution in [3.63, 3.8) is 0 Å². The molecule has 8 nitrogen and oxygen atoms in total. The fourth-order valence-electron chi connectivity index (χ4n) is 3.84. The summed E-state index contributed by atoms with van der Waals surface area (Å²) in [5.74, 6) is 0.0209. The number of hydrogen-bond acceptors (Lipinski definition) is 5. The number of rotatable bonds is 8. The monoisotopic (exact) mass is 481 g/mol. The maximum Gasteiger partial charge on any atom is 0.408 e. The maximum atomic E-state index is 13.7. The topological polar surface area (TPSA) is 97.0 Å². The van der Waals surface area contributed by atoms with Gasteiger partial charge in [0.05, 0.1) is 7.11 Å². The highest BCUT2D eigenvalue weighted by Crippen LogP contribution is 2.37. The van der Waals surface area contributed by atoms with Crippen LogP contribution in [0, 0.1) is 13.8 Å². The SMILES string of the molecule is COc1ccc(NC(=O)C(c2cccc(C)c2C)N(C(=O)CNC(=O)OC(C)(C)C)C2CC2)cc1. The van der Waals surface area contributed by atoms with Crippen LogP contribution in [0.2, 0.25) is 0 Å².